The molecule has 0 aliphatic rings. The molecule has 1 rings (SSSR count). The lowest BCUT2D eigenvalue weighted by molar-refractivity contribution is -0.159. The van der Waals surface area contributed by atoms with Gasteiger partial charge in [0.05, 0.1) is 0 Å². The van der Waals surface area contributed by atoms with E-state index in [1.807, 2.05) is 6.26 Å². The number of benzene rings is 1. The van der Waals surface area contributed by atoms with E-state index in [-0.39, 0.29) is 11.6 Å². The summed E-state index contributed by atoms with van der Waals surface area (Å²) in [6.07, 6.45) is -1.60. The van der Waals surface area contributed by atoms with Crippen molar-refractivity contribution in [2.75, 3.05) is 12.0 Å². The number of alkyl halides is 3. The lowest BCUT2D eigenvalue weighted by Gasteiger charge is -2.25. The van der Waals surface area contributed by atoms with Gasteiger partial charge < -0.3 is 0 Å². The first kappa shape index (κ1) is 15.4. The van der Waals surface area contributed by atoms with Crippen LogP contribution in [0.25, 0.3) is 0 Å². The van der Waals surface area contributed by atoms with Gasteiger partial charge in [0.25, 0.3) is 0 Å². The third-order valence-corrected chi connectivity index (χ3v) is 3.31. The van der Waals surface area contributed by atoms with E-state index in [0.29, 0.717) is 0 Å². The van der Waals surface area contributed by atoms with Crippen LogP contribution in [0, 0.1) is 0 Å². The minimum Gasteiger partial charge on any atom is -0.300 e. The molecular formula is C13H18F3NS. The van der Waals surface area contributed by atoms with Crippen LogP contribution in [-0.4, -0.2) is 24.2 Å². The Bertz CT molecular complexity index is 340. The molecule has 0 amide bonds. The van der Waals surface area contributed by atoms with E-state index in [1.165, 1.54) is 12.1 Å². The van der Waals surface area contributed by atoms with Crippen LogP contribution in [0.4, 0.5) is 13.2 Å². The molecule has 0 aliphatic carbocycles. The molecule has 1 aromatic rings. The molecule has 5 heteroatoms. The van der Waals surface area contributed by atoms with Gasteiger partial charge in [0, 0.05) is 6.04 Å². The predicted octanol–water partition coefficient (Wildman–Crippen LogP) is 4.02. The van der Waals surface area contributed by atoms with Crippen molar-refractivity contribution in [3.05, 3.63) is 35.9 Å². The van der Waals surface area contributed by atoms with Gasteiger partial charge in [-0.05, 0) is 30.9 Å². The SMILES string of the molecule is CSCCC(C)NC(c1ccccc1)C(F)(F)F. The maximum absolute atomic E-state index is 13.0. The van der Waals surface area contributed by atoms with Crippen molar-refractivity contribution in [1.82, 2.24) is 5.32 Å². The lowest BCUT2D eigenvalue weighted by Crippen LogP contribution is -2.39. The molecule has 102 valence electrons. The van der Waals surface area contributed by atoms with Crippen LogP contribution in [0.2, 0.25) is 0 Å². The minimum atomic E-state index is -4.27. The Hall–Kier alpha value is -0.680. The molecule has 1 aromatic carbocycles. The van der Waals surface area contributed by atoms with Gasteiger partial charge in [-0.1, -0.05) is 30.3 Å². The van der Waals surface area contributed by atoms with Gasteiger partial charge in [0.2, 0.25) is 0 Å². The van der Waals surface area contributed by atoms with Crippen molar-refractivity contribution in [3.8, 4) is 0 Å². The van der Waals surface area contributed by atoms with Crippen LogP contribution in [0.3, 0.4) is 0 Å². The smallest absolute Gasteiger partial charge is 0.300 e. The topological polar surface area (TPSA) is 12.0 Å². The van der Waals surface area contributed by atoms with Gasteiger partial charge in [-0.25, -0.2) is 0 Å². The zero-order valence-electron chi connectivity index (χ0n) is 10.5. The highest BCUT2D eigenvalue weighted by Crippen LogP contribution is 2.33. The molecule has 0 radical (unpaired) electrons. The Morgan fingerprint density at radius 3 is 2.33 bits per heavy atom. The van der Waals surface area contributed by atoms with Crippen LogP contribution >= 0.6 is 11.8 Å². The Morgan fingerprint density at radius 1 is 1.22 bits per heavy atom. The first-order valence-electron chi connectivity index (χ1n) is 5.81. The fourth-order valence-electron chi connectivity index (χ4n) is 1.69. The monoisotopic (exact) mass is 277 g/mol. The number of thioether (sulfide) groups is 1. The highest BCUT2D eigenvalue weighted by molar-refractivity contribution is 7.98. The van der Waals surface area contributed by atoms with Crippen molar-refractivity contribution in [2.45, 2.75) is 31.6 Å². The molecule has 18 heavy (non-hydrogen) atoms. The Kier molecular flexibility index (Phi) is 6.02. The molecule has 0 saturated heterocycles. The summed E-state index contributed by atoms with van der Waals surface area (Å²) in [5, 5.41) is 2.67. The molecule has 0 aromatic heterocycles. The van der Waals surface area contributed by atoms with E-state index in [1.54, 1.807) is 36.9 Å². The van der Waals surface area contributed by atoms with Gasteiger partial charge in [-0.3, -0.25) is 5.32 Å². The average molecular weight is 277 g/mol. The van der Waals surface area contributed by atoms with Gasteiger partial charge >= 0.3 is 6.18 Å². The maximum atomic E-state index is 13.0. The Labute approximate surface area is 110 Å². The summed E-state index contributed by atoms with van der Waals surface area (Å²) in [5.41, 5.74) is 0.265. The predicted molar refractivity (Wildman–Crippen MR) is 70.8 cm³/mol. The molecule has 0 bridgehead atoms. The molecule has 1 N–H and O–H groups in total. The van der Waals surface area contributed by atoms with Gasteiger partial charge in [0.15, 0.2) is 0 Å². The third kappa shape index (κ3) is 4.90. The van der Waals surface area contributed by atoms with E-state index >= 15 is 0 Å². The first-order valence-corrected chi connectivity index (χ1v) is 7.21. The molecule has 2 unspecified atom stereocenters. The number of rotatable bonds is 6. The quantitative estimate of drug-likeness (QED) is 0.843. The van der Waals surface area contributed by atoms with E-state index in [0.717, 1.165) is 12.2 Å². The summed E-state index contributed by atoms with van der Waals surface area (Å²) in [5.74, 6) is 0.855. The normalized spacial score (nSPS) is 15.4. The second-order valence-electron chi connectivity index (χ2n) is 4.23. The maximum Gasteiger partial charge on any atom is 0.407 e. The molecule has 0 heterocycles. The van der Waals surface area contributed by atoms with Crippen molar-refractivity contribution in [1.29, 1.82) is 0 Å². The largest absolute Gasteiger partial charge is 0.407 e. The first-order chi connectivity index (χ1) is 8.45. The molecule has 0 aliphatic heterocycles. The summed E-state index contributed by atoms with van der Waals surface area (Å²) in [6.45, 7) is 1.79. The second kappa shape index (κ2) is 7.04. The summed E-state index contributed by atoms with van der Waals surface area (Å²) < 4.78 is 39.1. The fraction of sp³-hybridized carbons (Fsp3) is 0.538. The van der Waals surface area contributed by atoms with Crippen LogP contribution in [0.5, 0.6) is 0 Å². The molecular weight excluding hydrogens is 259 g/mol. The zero-order chi connectivity index (χ0) is 13.6. The number of nitrogens with one attached hydrogen (secondary N) is 1. The van der Waals surface area contributed by atoms with Gasteiger partial charge in [-0.15, -0.1) is 0 Å². The van der Waals surface area contributed by atoms with Crippen LogP contribution in [0.1, 0.15) is 24.9 Å². The highest BCUT2D eigenvalue weighted by atomic mass is 32.2. The Morgan fingerprint density at radius 2 is 1.83 bits per heavy atom. The minimum absolute atomic E-state index is 0.163. The zero-order valence-corrected chi connectivity index (χ0v) is 11.3. The van der Waals surface area contributed by atoms with Gasteiger partial charge in [0.1, 0.15) is 6.04 Å². The van der Waals surface area contributed by atoms with Crippen molar-refractivity contribution in [3.63, 3.8) is 0 Å². The number of halogens is 3. The standard InChI is InChI=1S/C13H18F3NS/c1-10(8-9-18-2)17-12(13(14,15)16)11-6-4-3-5-7-11/h3-7,10,12,17H,8-9H2,1-2H3. The van der Waals surface area contributed by atoms with E-state index in [2.05, 4.69) is 5.32 Å². The number of hydrogen-bond acceptors (Lipinski definition) is 2. The Balaban J connectivity index is 2.75. The third-order valence-electron chi connectivity index (χ3n) is 2.67. The second-order valence-corrected chi connectivity index (χ2v) is 5.22. The fourth-order valence-corrected chi connectivity index (χ4v) is 2.28. The van der Waals surface area contributed by atoms with Crippen LogP contribution < -0.4 is 5.32 Å². The van der Waals surface area contributed by atoms with Crippen LogP contribution in [-0.2, 0) is 0 Å². The van der Waals surface area contributed by atoms with E-state index < -0.39 is 12.2 Å². The molecule has 0 saturated carbocycles. The molecule has 2 atom stereocenters. The van der Waals surface area contributed by atoms with Crippen LogP contribution in [0.15, 0.2) is 30.3 Å². The molecule has 0 spiro atoms. The summed E-state index contributed by atoms with van der Waals surface area (Å²) in [4.78, 5) is 0. The van der Waals surface area contributed by atoms with Crippen molar-refractivity contribution < 1.29 is 13.2 Å². The van der Waals surface area contributed by atoms with E-state index in [4.69, 9.17) is 0 Å². The lowest BCUT2D eigenvalue weighted by atomic mass is 10.1. The summed E-state index contributed by atoms with van der Waals surface area (Å²) in [6, 6.07) is 6.23. The van der Waals surface area contributed by atoms with Crippen molar-refractivity contribution in [2.24, 2.45) is 0 Å². The van der Waals surface area contributed by atoms with E-state index in [9.17, 15) is 13.2 Å². The average Bonchev–Trinajstić information content (AvgIpc) is 2.33. The number of hydrogen-bond donors (Lipinski definition) is 1. The summed E-state index contributed by atoms with van der Waals surface area (Å²) in [7, 11) is 0. The highest BCUT2D eigenvalue weighted by Gasteiger charge is 2.41. The molecule has 1 nitrogen and oxygen atoms in total. The van der Waals surface area contributed by atoms with Gasteiger partial charge in [-0.2, -0.15) is 24.9 Å². The van der Waals surface area contributed by atoms with Crippen molar-refractivity contribution >= 4 is 11.8 Å². The molecule has 0 fully saturated rings. The summed E-state index contributed by atoms with van der Waals surface area (Å²) >= 11 is 1.64.